The number of aromatic nitrogens is 1. The fourth-order valence-corrected chi connectivity index (χ4v) is 4.44. The number of nitrogens with zero attached hydrogens (tertiary/aromatic N) is 2. The largest absolute Gasteiger partial charge is 0.495 e. The first-order valence-electron chi connectivity index (χ1n) is 9.40. The molecule has 1 aromatic heterocycles. The number of ether oxygens (including phenoxy) is 1. The van der Waals surface area contributed by atoms with E-state index in [9.17, 15) is 9.59 Å². The summed E-state index contributed by atoms with van der Waals surface area (Å²) in [6.07, 6.45) is 1.09. The van der Waals surface area contributed by atoms with Gasteiger partial charge in [0.15, 0.2) is 0 Å². The molecule has 2 aliphatic rings. The zero-order chi connectivity index (χ0) is 19.0. The normalized spacial score (nSPS) is 21.4. The zero-order valence-electron chi connectivity index (χ0n) is 15.8. The minimum absolute atomic E-state index is 0.0377. The molecule has 2 aliphatic heterocycles. The molecular weight excluding hydrogens is 342 g/mol. The summed E-state index contributed by atoms with van der Waals surface area (Å²) in [5, 5.41) is 2.98. The van der Waals surface area contributed by atoms with Gasteiger partial charge in [-0.3, -0.25) is 14.5 Å². The summed E-state index contributed by atoms with van der Waals surface area (Å²) >= 11 is 0. The van der Waals surface area contributed by atoms with E-state index in [1.165, 1.54) is 0 Å². The molecule has 1 aromatic carbocycles. The first kappa shape index (κ1) is 17.8. The fraction of sp³-hybridized carbons (Fsp3) is 0.429. The Bertz CT molecular complexity index is 921. The minimum atomic E-state index is -0.0377. The van der Waals surface area contributed by atoms with Crippen LogP contribution in [0.5, 0.6) is 5.75 Å². The maximum absolute atomic E-state index is 12.6. The Morgan fingerprint density at radius 3 is 2.89 bits per heavy atom. The average Bonchev–Trinajstić information content (AvgIpc) is 2.63. The highest BCUT2D eigenvalue weighted by Crippen LogP contribution is 2.34. The summed E-state index contributed by atoms with van der Waals surface area (Å²) < 4.78 is 7.25. The third-order valence-electron chi connectivity index (χ3n) is 5.55. The second-order valence-electron chi connectivity index (χ2n) is 7.64. The van der Waals surface area contributed by atoms with Crippen LogP contribution in [0.15, 0.2) is 41.2 Å². The molecule has 2 aromatic rings. The van der Waals surface area contributed by atoms with Crippen LogP contribution in [0.25, 0.3) is 0 Å². The number of hydrogen-bond acceptors (Lipinski definition) is 4. The second-order valence-corrected chi connectivity index (χ2v) is 7.64. The molecule has 0 aliphatic carbocycles. The van der Waals surface area contributed by atoms with Crippen LogP contribution in [-0.4, -0.2) is 42.1 Å². The number of piperidine rings is 1. The Balaban J connectivity index is 1.45. The van der Waals surface area contributed by atoms with E-state index in [2.05, 4.69) is 10.2 Å². The summed E-state index contributed by atoms with van der Waals surface area (Å²) in [4.78, 5) is 26.9. The van der Waals surface area contributed by atoms with Crippen molar-refractivity contribution in [3.05, 3.63) is 58.0 Å². The van der Waals surface area contributed by atoms with E-state index in [1.54, 1.807) is 13.2 Å². The average molecular weight is 367 g/mol. The zero-order valence-corrected chi connectivity index (χ0v) is 15.8. The number of fused-ring (bicyclic) bond motifs is 4. The molecule has 0 unspecified atom stereocenters. The summed E-state index contributed by atoms with van der Waals surface area (Å²) in [7, 11) is 1.60. The summed E-state index contributed by atoms with van der Waals surface area (Å²) in [6.45, 7) is 4.73. The lowest BCUT2D eigenvalue weighted by atomic mass is 9.83. The van der Waals surface area contributed by atoms with E-state index in [4.69, 9.17) is 4.74 Å². The number of benzene rings is 1. The quantitative estimate of drug-likeness (QED) is 0.900. The Labute approximate surface area is 158 Å². The third-order valence-corrected chi connectivity index (χ3v) is 5.55. The molecule has 4 rings (SSSR count). The van der Waals surface area contributed by atoms with Crippen LogP contribution in [-0.2, 0) is 11.3 Å². The topological polar surface area (TPSA) is 63.6 Å². The lowest BCUT2D eigenvalue weighted by molar-refractivity contribution is -0.118. The van der Waals surface area contributed by atoms with Gasteiger partial charge in [0.05, 0.1) is 19.3 Å². The van der Waals surface area contributed by atoms with Crippen molar-refractivity contribution in [3.8, 4) is 5.75 Å². The van der Waals surface area contributed by atoms with Crippen LogP contribution < -0.4 is 15.6 Å². The summed E-state index contributed by atoms with van der Waals surface area (Å²) in [5.74, 6) is 1.35. The lowest BCUT2D eigenvalue weighted by Crippen LogP contribution is -2.49. The van der Waals surface area contributed by atoms with Crippen LogP contribution in [0.1, 0.15) is 23.6 Å². The highest BCUT2D eigenvalue weighted by atomic mass is 16.5. The summed E-state index contributed by atoms with van der Waals surface area (Å²) in [5.41, 5.74) is 2.96. The molecule has 1 amide bonds. The van der Waals surface area contributed by atoms with E-state index < -0.39 is 0 Å². The molecular formula is C21H25N3O3. The Morgan fingerprint density at radius 1 is 1.22 bits per heavy atom. The molecule has 142 valence electrons. The number of rotatable bonds is 4. The molecule has 2 atom stereocenters. The standard InChI is InChI=1S/C21H25N3O3/c1-14-6-7-19(27-2)17(8-14)22-20(25)13-23-10-15-9-16(12-23)18-4-3-5-21(26)24(18)11-15/h3-8,15-16H,9-13H2,1-2H3,(H,22,25)/t15-,16+/m0/s1. The van der Waals surface area contributed by atoms with Gasteiger partial charge in [-0.25, -0.2) is 0 Å². The predicted molar refractivity (Wildman–Crippen MR) is 104 cm³/mol. The first-order chi connectivity index (χ1) is 13.0. The van der Waals surface area contributed by atoms with Gasteiger partial charge in [0.1, 0.15) is 5.75 Å². The van der Waals surface area contributed by atoms with E-state index in [1.807, 2.05) is 41.8 Å². The van der Waals surface area contributed by atoms with E-state index in [-0.39, 0.29) is 11.5 Å². The molecule has 1 fully saturated rings. The van der Waals surface area contributed by atoms with Gasteiger partial charge in [-0.05, 0) is 43.0 Å². The van der Waals surface area contributed by atoms with Gasteiger partial charge in [0.2, 0.25) is 5.91 Å². The van der Waals surface area contributed by atoms with Crippen molar-refractivity contribution in [2.75, 3.05) is 32.1 Å². The maximum Gasteiger partial charge on any atom is 0.250 e. The number of carbonyl (C=O) groups excluding carboxylic acids is 1. The molecule has 1 N–H and O–H groups in total. The Morgan fingerprint density at radius 2 is 2.07 bits per heavy atom. The Hall–Kier alpha value is -2.60. The van der Waals surface area contributed by atoms with Gasteiger partial charge in [0, 0.05) is 37.3 Å². The highest BCUT2D eigenvalue weighted by Gasteiger charge is 2.34. The number of carbonyl (C=O) groups is 1. The van der Waals surface area contributed by atoms with Crippen molar-refractivity contribution in [2.24, 2.45) is 5.92 Å². The van der Waals surface area contributed by atoms with Crippen molar-refractivity contribution in [3.63, 3.8) is 0 Å². The van der Waals surface area contributed by atoms with Gasteiger partial charge >= 0.3 is 0 Å². The molecule has 6 heteroatoms. The molecule has 2 bridgehead atoms. The van der Waals surface area contributed by atoms with Crippen molar-refractivity contribution in [1.82, 2.24) is 9.47 Å². The molecule has 0 spiro atoms. The van der Waals surface area contributed by atoms with Crippen molar-refractivity contribution in [2.45, 2.75) is 25.8 Å². The number of nitrogens with one attached hydrogen (secondary N) is 1. The van der Waals surface area contributed by atoms with Crippen LogP contribution >= 0.6 is 0 Å². The number of amides is 1. The molecule has 0 saturated carbocycles. The molecule has 27 heavy (non-hydrogen) atoms. The van der Waals surface area contributed by atoms with Crippen molar-refractivity contribution >= 4 is 11.6 Å². The third kappa shape index (κ3) is 3.62. The molecule has 3 heterocycles. The number of aryl methyl sites for hydroxylation is 1. The number of anilines is 1. The Kier molecular flexibility index (Phi) is 4.74. The number of pyridine rings is 1. The fourth-order valence-electron chi connectivity index (χ4n) is 4.44. The van der Waals surface area contributed by atoms with Gasteiger partial charge in [0.25, 0.3) is 5.56 Å². The van der Waals surface area contributed by atoms with Crippen LogP contribution in [0.2, 0.25) is 0 Å². The monoisotopic (exact) mass is 367 g/mol. The summed E-state index contributed by atoms with van der Waals surface area (Å²) in [6, 6.07) is 11.3. The minimum Gasteiger partial charge on any atom is -0.495 e. The van der Waals surface area contributed by atoms with E-state index in [0.29, 0.717) is 29.8 Å². The number of methoxy groups -OCH3 is 1. The van der Waals surface area contributed by atoms with Crippen LogP contribution in [0.4, 0.5) is 5.69 Å². The van der Waals surface area contributed by atoms with Gasteiger partial charge < -0.3 is 14.6 Å². The molecule has 0 radical (unpaired) electrons. The van der Waals surface area contributed by atoms with Crippen molar-refractivity contribution < 1.29 is 9.53 Å². The number of likely N-dealkylation sites (tertiary alicyclic amines) is 1. The van der Waals surface area contributed by atoms with Gasteiger partial charge in [-0.15, -0.1) is 0 Å². The predicted octanol–water partition coefficient (Wildman–Crippen LogP) is 2.22. The van der Waals surface area contributed by atoms with Crippen LogP contribution in [0, 0.1) is 12.8 Å². The molecule has 6 nitrogen and oxygen atoms in total. The smallest absolute Gasteiger partial charge is 0.250 e. The second kappa shape index (κ2) is 7.19. The first-order valence-corrected chi connectivity index (χ1v) is 9.40. The highest BCUT2D eigenvalue weighted by molar-refractivity contribution is 5.93. The number of hydrogen-bond donors (Lipinski definition) is 1. The SMILES string of the molecule is COc1ccc(C)cc1NC(=O)CN1C[C@@H]2C[C@H](C1)c1cccc(=O)n1C2. The van der Waals surface area contributed by atoms with Gasteiger partial charge in [-0.2, -0.15) is 0 Å². The van der Waals surface area contributed by atoms with Crippen LogP contribution in [0.3, 0.4) is 0 Å². The lowest BCUT2D eigenvalue weighted by Gasteiger charge is -2.42. The molecule has 1 saturated heterocycles. The van der Waals surface area contributed by atoms with Gasteiger partial charge in [-0.1, -0.05) is 12.1 Å². The van der Waals surface area contributed by atoms with Crippen molar-refractivity contribution in [1.29, 1.82) is 0 Å². The maximum atomic E-state index is 12.6. The van der Waals surface area contributed by atoms with E-state index in [0.717, 1.165) is 37.3 Å². The van der Waals surface area contributed by atoms with E-state index >= 15 is 0 Å².